The highest BCUT2D eigenvalue weighted by Gasteiger charge is 2.31. The van der Waals surface area contributed by atoms with Crippen LogP contribution in [0.3, 0.4) is 0 Å². The summed E-state index contributed by atoms with van der Waals surface area (Å²) in [5, 5.41) is 0. The summed E-state index contributed by atoms with van der Waals surface area (Å²) in [4.78, 5) is -0.230. The van der Waals surface area contributed by atoms with Crippen LogP contribution in [-0.4, -0.2) is 25.7 Å². The first-order valence-electron chi connectivity index (χ1n) is 5.95. The molecule has 0 aliphatic carbocycles. The molecule has 0 unspecified atom stereocenters. The van der Waals surface area contributed by atoms with Crippen LogP contribution < -0.4 is 5.73 Å². The summed E-state index contributed by atoms with van der Waals surface area (Å²) in [5.41, 5.74) is 4.14. The number of alkyl halides is 3. The number of nitrogens with two attached hydrogens (primary N) is 1. The minimum Gasteiger partial charge on any atom is -0.398 e. The first-order chi connectivity index (χ1) is 9.18. The van der Waals surface area contributed by atoms with Crippen molar-refractivity contribution in [2.24, 2.45) is 0 Å². The van der Waals surface area contributed by atoms with E-state index in [1.165, 1.54) is 0 Å². The Morgan fingerprint density at radius 1 is 1.30 bits per heavy atom. The van der Waals surface area contributed by atoms with Crippen LogP contribution in [0.15, 0.2) is 23.1 Å². The second kappa shape index (κ2) is 6.71. The number of thioether (sulfide) groups is 1. The Bertz CT molecular complexity index is 556. The molecule has 0 bridgehead atoms. The fourth-order valence-corrected chi connectivity index (χ4v) is 3.87. The van der Waals surface area contributed by atoms with Crippen molar-refractivity contribution < 1.29 is 21.6 Å². The van der Waals surface area contributed by atoms with Gasteiger partial charge in [-0.1, -0.05) is 6.92 Å². The fourth-order valence-electron chi connectivity index (χ4n) is 1.61. The molecular weight excluding hydrogens is 311 g/mol. The number of benzene rings is 1. The van der Waals surface area contributed by atoms with Gasteiger partial charge in [0.1, 0.15) is 0 Å². The lowest BCUT2D eigenvalue weighted by Gasteiger charge is -2.11. The molecule has 1 aromatic carbocycles. The molecule has 20 heavy (non-hydrogen) atoms. The highest BCUT2D eigenvalue weighted by Crippen LogP contribution is 2.32. The molecule has 0 saturated heterocycles. The predicted molar refractivity (Wildman–Crippen MR) is 75.5 cm³/mol. The zero-order valence-corrected chi connectivity index (χ0v) is 12.5. The molecule has 3 nitrogen and oxygen atoms in total. The van der Waals surface area contributed by atoms with Gasteiger partial charge in [0.2, 0.25) is 0 Å². The van der Waals surface area contributed by atoms with E-state index < -0.39 is 21.6 Å². The fraction of sp³-hybridized carbons (Fsp3) is 0.500. The van der Waals surface area contributed by atoms with E-state index >= 15 is 0 Å². The van der Waals surface area contributed by atoms with Crippen molar-refractivity contribution in [2.75, 3.05) is 23.0 Å². The van der Waals surface area contributed by atoms with E-state index in [2.05, 4.69) is 0 Å². The third-order valence-electron chi connectivity index (χ3n) is 2.58. The molecule has 0 fully saturated rings. The lowest BCUT2D eigenvalue weighted by Crippen LogP contribution is -2.12. The van der Waals surface area contributed by atoms with Gasteiger partial charge in [-0.05, 0) is 36.1 Å². The molecule has 1 rings (SSSR count). The molecule has 1 aromatic rings. The summed E-state index contributed by atoms with van der Waals surface area (Å²) in [7, 11) is -3.64. The average molecular weight is 327 g/mol. The van der Waals surface area contributed by atoms with Crippen molar-refractivity contribution in [1.29, 1.82) is 0 Å². The van der Waals surface area contributed by atoms with Gasteiger partial charge in [0.15, 0.2) is 9.84 Å². The number of hydrogen-bond acceptors (Lipinski definition) is 4. The average Bonchev–Trinajstić information content (AvgIpc) is 2.33. The minimum absolute atomic E-state index is 0.116. The van der Waals surface area contributed by atoms with Crippen molar-refractivity contribution in [1.82, 2.24) is 0 Å². The van der Waals surface area contributed by atoms with Crippen LogP contribution >= 0.6 is 11.8 Å². The maximum absolute atomic E-state index is 12.5. The van der Waals surface area contributed by atoms with E-state index in [1.54, 1.807) is 11.8 Å². The normalized spacial score (nSPS) is 12.6. The number of nitrogen functional groups attached to an aromatic ring is 1. The first-order valence-corrected chi connectivity index (χ1v) is 8.76. The van der Waals surface area contributed by atoms with Crippen LogP contribution in [0, 0.1) is 0 Å². The van der Waals surface area contributed by atoms with Crippen LogP contribution in [0.4, 0.5) is 18.9 Å². The van der Waals surface area contributed by atoms with Crippen LogP contribution in [0.2, 0.25) is 0 Å². The van der Waals surface area contributed by atoms with Crippen molar-refractivity contribution in [3.8, 4) is 0 Å². The monoisotopic (exact) mass is 327 g/mol. The zero-order chi connectivity index (χ0) is 15.4. The number of hydrogen-bond donors (Lipinski definition) is 1. The summed E-state index contributed by atoms with van der Waals surface area (Å²) in [5.74, 6) is 1.47. The molecule has 0 radical (unpaired) electrons. The second-order valence-electron chi connectivity index (χ2n) is 4.12. The van der Waals surface area contributed by atoms with Crippen LogP contribution in [0.1, 0.15) is 18.9 Å². The van der Waals surface area contributed by atoms with E-state index in [0.29, 0.717) is 18.2 Å². The topological polar surface area (TPSA) is 60.2 Å². The smallest absolute Gasteiger partial charge is 0.398 e. The van der Waals surface area contributed by atoms with Crippen LogP contribution in [0.25, 0.3) is 0 Å². The number of rotatable bonds is 6. The van der Waals surface area contributed by atoms with Crippen molar-refractivity contribution in [3.63, 3.8) is 0 Å². The lowest BCUT2D eigenvalue weighted by molar-refractivity contribution is -0.137. The van der Waals surface area contributed by atoms with Crippen LogP contribution in [-0.2, 0) is 16.0 Å². The van der Waals surface area contributed by atoms with Gasteiger partial charge in [0, 0.05) is 0 Å². The molecule has 114 valence electrons. The molecule has 0 atom stereocenters. The summed E-state index contributed by atoms with van der Waals surface area (Å²) in [6, 6.07) is 2.33. The van der Waals surface area contributed by atoms with Gasteiger partial charge >= 0.3 is 6.18 Å². The number of sulfone groups is 1. The highest BCUT2D eigenvalue weighted by atomic mass is 32.2. The van der Waals surface area contributed by atoms with Crippen molar-refractivity contribution in [3.05, 3.63) is 23.8 Å². The van der Waals surface area contributed by atoms with Crippen molar-refractivity contribution in [2.45, 2.75) is 24.4 Å². The summed E-state index contributed by atoms with van der Waals surface area (Å²) >= 11 is 1.61. The minimum atomic E-state index is -4.53. The zero-order valence-electron chi connectivity index (χ0n) is 10.9. The molecule has 0 heterocycles. The Labute approximate surface area is 120 Å². The van der Waals surface area contributed by atoms with E-state index in [4.69, 9.17) is 5.73 Å². The molecule has 0 spiro atoms. The Morgan fingerprint density at radius 3 is 2.45 bits per heavy atom. The molecule has 0 saturated carbocycles. The van der Waals surface area contributed by atoms with E-state index in [1.807, 2.05) is 6.92 Å². The summed E-state index contributed by atoms with van der Waals surface area (Å²) in [6.45, 7) is 1.97. The quantitative estimate of drug-likeness (QED) is 0.644. The van der Waals surface area contributed by atoms with Gasteiger partial charge in [0.25, 0.3) is 0 Å². The van der Waals surface area contributed by atoms with Gasteiger partial charge in [0.05, 0.1) is 21.9 Å². The first kappa shape index (κ1) is 17.2. The molecule has 0 aromatic heterocycles. The Balaban J connectivity index is 2.91. The molecule has 0 aliphatic heterocycles. The second-order valence-corrected chi connectivity index (χ2v) is 7.59. The lowest BCUT2D eigenvalue weighted by atomic mass is 10.2. The Hall–Kier alpha value is -0.890. The highest BCUT2D eigenvalue weighted by molar-refractivity contribution is 7.99. The van der Waals surface area contributed by atoms with Crippen molar-refractivity contribution >= 4 is 27.3 Å². The summed E-state index contributed by atoms with van der Waals surface area (Å²) < 4.78 is 61.4. The standard InChI is InChI=1S/C12H16F3NO2S2/c1-2-19-6-3-7-20(17,18)11-5-4-9(8-10(11)16)12(13,14)15/h4-5,8H,2-3,6-7,16H2,1H3. The number of anilines is 1. The van der Waals surface area contributed by atoms with Gasteiger partial charge < -0.3 is 5.73 Å². The largest absolute Gasteiger partial charge is 0.416 e. The van der Waals surface area contributed by atoms with Gasteiger partial charge in [-0.15, -0.1) is 0 Å². The third-order valence-corrected chi connectivity index (χ3v) is 5.43. The maximum Gasteiger partial charge on any atom is 0.416 e. The maximum atomic E-state index is 12.5. The van der Waals surface area contributed by atoms with E-state index in [-0.39, 0.29) is 16.3 Å². The molecule has 0 amide bonds. The molecule has 2 N–H and O–H groups in total. The Kier molecular flexibility index (Phi) is 5.76. The molecular formula is C12H16F3NO2S2. The van der Waals surface area contributed by atoms with Crippen LogP contribution in [0.5, 0.6) is 0 Å². The molecule has 0 aliphatic rings. The SMILES string of the molecule is CCSCCCS(=O)(=O)c1ccc(C(F)(F)F)cc1N. The summed E-state index contributed by atoms with van der Waals surface area (Å²) in [6.07, 6.45) is -4.09. The predicted octanol–water partition coefficient (Wildman–Crippen LogP) is 3.20. The molecule has 8 heteroatoms. The van der Waals surface area contributed by atoms with Gasteiger partial charge in [-0.25, -0.2) is 8.42 Å². The van der Waals surface area contributed by atoms with E-state index in [9.17, 15) is 21.6 Å². The number of halogens is 3. The van der Waals surface area contributed by atoms with Gasteiger partial charge in [-0.3, -0.25) is 0 Å². The third kappa shape index (κ3) is 4.59. The Morgan fingerprint density at radius 2 is 1.95 bits per heavy atom. The van der Waals surface area contributed by atoms with E-state index in [0.717, 1.165) is 17.9 Å². The van der Waals surface area contributed by atoms with Gasteiger partial charge in [-0.2, -0.15) is 24.9 Å².